The van der Waals surface area contributed by atoms with E-state index in [9.17, 15) is 4.79 Å². The van der Waals surface area contributed by atoms with Crippen LogP contribution in [0.1, 0.15) is 35.3 Å². The van der Waals surface area contributed by atoms with Crippen LogP contribution in [0.2, 0.25) is 0 Å². The Bertz CT molecular complexity index is 888. The first-order chi connectivity index (χ1) is 11.1. The van der Waals surface area contributed by atoms with Crippen LogP contribution >= 0.6 is 0 Å². The van der Waals surface area contributed by atoms with E-state index in [4.69, 9.17) is 0 Å². The highest BCUT2D eigenvalue weighted by molar-refractivity contribution is 6.00. The van der Waals surface area contributed by atoms with Crippen molar-refractivity contribution < 1.29 is 4.79 Å². The van der Waals surface area contributed by atoms with Crippen molar-refractivity contribution in [1.29, 1.82) is 0 Å². The van der Waals surface area contributed by atoms with Crippen molar-refractivity contribution in [1.82, 2.24) is 20.5 Å². The molecule has 1 aromatic carbocycles. The Morgan fingerprint density at radius 2 is 2.17 bits per heavy atom. The van der Waals surface area contributed by atoms with Crippen molar-refractivity contribution in [3.05, 3.63) is 41.1 Å². The largest absolute Gasteiger partial charge is 0.353 e. The van der Waals surface area contributed by atoms with Gasteiger partial charge in [-0.25, -0.2) is 0 Å². The molecule has 2 heterocycles. The van der Waals surface area contributed by atoms with Gasteiger partial charge in [-0.1, -0.05) is 19.9 Å². The summed E-state index contributed by atoms with van der Waals surface area (Å²) in [5, 5.41) is 11.4. The number of carbonyl (C=O) groups is 1. The summed E-state index contributed by atoms with van der Waals surface area (Å²) < 4.78 is 0. The minimum atomic E-state index is -0.0181. The standard InChI is InChI=1S/C18H20N4O/c1-10(2)8-19-18(23)11-3-5-13-14-6-4-12-9-20-22-16(12)17(14)21-15(13)7-11/h3,5,7,9-10,21H,4,6,8H2,1-2H3,(H,19,23)(H,20,22). The van der Waals surface area contributed by atoms with Crippen LogP contribution in [0.15, 0.2) is 24.4 Å². The van der Waals surface area contributed by atoms with Crippen LogP contribution in [0, 0.1) is 5.92 Å². The van der Waals surface area contributed by atoms with E-state index in [1.54, 1.807) is 0 Å². The van der Waals surface area contributed by atoms with Crippen molar-refractivity contribution in [2.24, 2.45) is 5.92 Å². The highest BCUT2D eigenvalue weighted by Gasteiger charge is 2.22. The maximum absolute atomic E-state index is 12.3. The monoisotopic (exact) mass is 308 g/mol. The third-order valence-electron chi connectivity index (χ3n) is 4.45. The third kappa shape index (κ3) is 2.32. The molecule has 1 aliphatic carbocycles. The number of hydrogen-bond acceptors (Lipinski definition) is 2. The van der Waals surface area contributed by atoms with Crippen LogP contribution in [0.25, 0.3) is 22.3 Å². The van der Waals surface area contributed by atoms with Crippen LogP contribution < -0.4 is 5.32 Å². The van der Waals surface area contributed by atoms with Gasteiger partial charge in [-0.3, -0.25) is 9.89 Å². The van der Waals surface area contributed by atoms with E-state index in [0.717, 1.165) is 29.7 Å². The molecule has 0 aliphatic heterocycles. The van der Waals surface area contributed by atoms with Crippen molar-refractivity contribution >= 4 is 16.8 Å². The SMILES string of the molecule is CC(C)CNC(=O)c1ccc2c3c([nH]c2c1)-c1[nH]ncc1CC3. The van der Waals surface area contributed by atoms with Crippen molar-refractivity contribution in [3.63, 3.8) is 0 Å². The van der Waals surface area contributed by atoms with Gasteiger partial charge in [-0.15, -0.1) is 0 Å². The molecule has 1 amide bonds. The van der Waals surface area contributed by atoms with Crippen LogP contribution in [-0.4, -0.2) is 27.6 Å². The lowest BCUT2D eigenvalue weighted by molar-refractivity contribution is 0.0949. The van der Waals surface area contributed by atoms with Gasteiger partial charge in [0.15, 0.2) is 0 Å². The maximum Gasteiger partial charge on any atom is 0.251 e. The number of H-pyrrole nitrogens is 2. The number of rotatable bonds is 3. The molecule has 23 heavy (non-hydrogen) atoms. The van der Waals surface area contributed by atoms with Gasteiger partial charge in [0.1, 0.15) is 0 Å². The number of carbonyl (C=O) groups excluding carboxylic acids is 1. The second-order valence-electron chi connectivity index (χ2n) is 6.61. The molecule has 0 unspecified atom stereocenters. The molecular weight excluding hydrogens is 288 g/mol. The van der Waals surface area contributed by atoms with Gasteiger partial charge in [-0.2, -0.15) is 5.10 Å². The lowest BCUT2D eigenvalue weighted by atomic mass is 9.94. The molecule has 0 spiro atoms. The highest BCUT2D eigenvalue weighted by Crippen LogP contribution is 2.36. The number of nitrogens with zero attached hydrogens (tertiary/aromatic N) is 1. The van der Waals surface area contributed by atoms with Gasteiger partial charge in [0.25, 0.3) is 5.91 Å². The molecule has 0 radical (unpaired) electrons. The molecule has 0 fully saturated rings. The zero-order valence-electron chi connectivity index (χ0n) is 13.4. The van der Waals surface area contributed by atoms with E-state index in [0.29, 0.717) is 18.0 Å². The second-order valence-corrected chi connectivity index (χ2v) is 6.61. The number of aryl methyl sites for hydroxylation is 2. The quantitative estimate of drug-likeness (QED) is 0.696. The fourth-order valence-corrected chi connectivity index (χ4v) is 3.25. The summed E-state index contributed by atoms with van der Waals surface area (Å²) in [6.45, 7) is 4.87. The van der Waals surface area contributed by atoms with E-state index in [-0.39, 0.29) is 5.91 Å². The van der Waals surface area contributed by atoms with Crippen LogP contribution in [-0.2, 0) is 12.8 Å². The summed E-state index contributed by atoms with van der Waals surface area (Å²) in [4.78, 5) is 15.7. The Morgan fingerprint density at radius 3 is 3.00 bits per heavy atom. The van der Waals surface area contributed by atoms with E-state index in [2.05, 4.69) is 40.4 Å². The topological polar surface area (TPSA) is 73.6 Å². The normalized spacial score (nSPS) is 13.2. The summed E-state index contributed by atoms with van der Waals surface area (Å²) in [6.07, 6.45) is 3.90. The summed E-state index contributed by atoms with van der Waals surface area (Å²) >= 11 is 0. The first-order valence-electron chi connectivity index (χ1n) is 8.09. The molecule has 3 N–H and O–H groups in total. The van der Waals surface area contributed by atoms with Gasteiger partial charge in [-0.05, 0) is 42.0 Å². The van der Waals surface area contributed by atoms with E-state index < -0.39 is 0 Å². The second kappa shape index (κ2) is 5.26. The molecule has 5 nitrogen and oxygen atoms in total. The first-order valence-corrected chi connectivity index (χ1v) is 8.09. The van der Waals surface area contributed by atoms with E-state index in [1.165, 1.54) is 16.5 Å². The van der Waals surface area contributed by atoms with Gasteiger partial charge < -0.3 is 10.3 Å². The number of nitrogens with one attached hydrogen (secondary N) is 3. The Hall–Kier alpha value is -2.56. The molecule has 5 heteroatoms. The Kier molecular flexibility index (Phi) is 3.22. The summed E-state index contributed by atoms with van der Waals surface area (Å²) in [7, 11) is 0. The van der Waals surface area contributed by atoms with E-state index >= 15 is 0 Å². The van der Waals surface area contributed by atoms with Gasteiger partial charge in [0.05, 0.1) is 17.6 Å². The molecule has 1 aliphatic rings. The van der Waals surface area contributed by atoms with Crippen LogP contribution in [0.3, 0.4) is 0 Å². The van der Waals surface area contributed by atoms with Gasteiger partial charge in [0.2, 0.25) is 0 Å². The number of benzene rings is 1. The minimum Gasteiger partial charge on any atom is -0.353 e. The average molecular weight is 308 g/mol. The first kappa shape index (κ1) is 14.1. The molecule has 0 atom stereocenters. The summed E-state index contributed by atoms with van der Waals surface area (Å²) in [6, 6.07) is 5.91. The lowest BCUT2D eigenvalue weighted by Crippen LogP contribution is -2.27. The molecular formula is C18H20N4O. The Morgan fingerprint density at radius 1 is 1.30 bits per heavy atom. The summed E-state index contributed by atoms with van der Waals surface area (Å²) in [5.41, 5.74) is 6.45. The van der Waals surface area contributed by atoms with Crippen LogP contribution in [0.5, 0.6) is 0 Å². The predicted octanol–water partition coefficient (Wildman–Crippen LogP) is 3.04. The summed E-state index contributed by atoms with van der Waals surface area (Å²) in [5.74, 6) is 0.426. The Balaban J connectivity index is 1.73. The fraction of sp³-hybridized carbons (Fsp3) is 0.333. The predicted molar refractivity (Wildman–Crippen MR) is 90.5 cm³/mol. The average Bonchev–Trinajstić information content (AvgIpc) is 3.15. The smallest absolute Gasteiger partial charge is 0.251 e. The number of aromatic amines is 2. The minimum absolute atomic E-state index is 0.0181. The molecule has 118 valence electrons. The maximum atomic E-state index is 12.3. The molecule has 0 bridgehead atoms. The molecule has 3 aromatic rings. The van der Waals surface area contributed by atoms with Gasteiger partial charge in [0, 0.05) is 23.0 Å². The number of aromatic nitrogens is 3. The lowest BCUT2D eigenvalue weighted by Gasteiger charge is -2.11. The molecule has 4 rings (SSSR count). The van der Waals surface area contributed by atoms with Gasteiger partial charge >= 0.3 is 0 Å². The Labute approximate surface area is 134 Å². The zero-order chi connectivity index (χ0) is 16.0. The van der Waals surface area contributed by atoms with Crippen molar-refractivity contribution in [2.75, 3.05) is 6.54 Å². The van der Waals surface area contributed by atoms with Crippen molar-refractivity contribution in [3.8, 4) is 11.4 Å². The molecule has 2 aromatic heterocycles. The molecule has 0 saturated heterocycles. The van der Waals surface area contributed by atoms with E-state index in [1.807, 2.05) is 18.3 Å². The third-order valence-corrected chi connectivity index (χ3v) is 4.45. The molecule has 0 saturated carbocycles. The van der Waals surface area contributed by atoms with Crippen molar-refractivity contribution in [2.45, 2.75) is 26.7 Å². The fourth-order valence-electron chi connectivity index (χ4n) is 3.25. The zero-order valence-corrected chi connectivity index (χ0v) is 13.4. The number of hydrogen-bond donors (Lipinski definition) is 3. The van der Waals surface area contributed by atoms with Crippen LogP contribution in [0.4, 0.5) is 0 Å². The number of amides is 1. The highest BCUT2D eigenvalue weighted by atomic mass is 16.1. The number of fused-ring (bicyclic) bond motifs is 5.